The van der Waals surface area contributed by atoms with Crippen molar-refractivity contribution in [1.29, 1.82) is 0 Å². The second-order valence-electron chi connectivity index (χ2n) is 4.65. The standard InChI is InChI=1S/C13H19N3O/c1-16(12-6-2-4-10(12)8-14)13(17)11-5-3-7-15-9-11/h3,5,7,9-10,12H,2,4,6,8,14H2,1H3. The molecule has 0 radical (unpaired) electrons. The van der Waals surface area contributed by atoms with Gasteiger partial charge in [0.2, 0.25) is 0 Å². The molecule has 4 nitrogen and oxygen atoms in total. The molecule has 1 heterocycles. The van der Waals surface area contributed by atoms with Gasteiger partial charge in [0.15, 0.2) is 0 Å². The first kappa shape index (κ1) is 12.0. The van der Waals surface area contributed by atoms with Crippen LogP contribution in [0.4, 0.5) is 0 Å². The molecule has 1 saturated carbocycles. The highest BCUT2D eigenvalue weighted by Crippen LogP contribution is 2.29. The smallest absolute Gasteiger partial charge is 0.255 e. The summed E-state index contributed by atoms with van der Waals surface area (Å²) in [6.07, 6.45) is 6.65. The molecule has 92 valence electrons. The molecular formula is C13H19N3O. The van der Waals surface area contributed by atoms with Gasteiger partial charge in [-0.15, -0.1) is 0 Å². The third-order valence-electron chi connectivity index (χ3n) is 3.65. The summed E-state index contributed by atoms with van der Waals surface area (Å²) in [4.78, 5) is 18.1. The van der Waals surface area contributed by atoms with Gasteiger partial charge in [0, 0.05) is 25.5 Å². The molecule has 2 N–H and O–H groups in total. The Morgan fingerprint density at radius 2 is 2.41 bits per heavy atom. The third kappa shape index (κ3) is 2.47. The fraction of sp³-hybridized carbons (Fsp3) is 0.538. The highest BCUT2D eigenvalue weighted by molar-refractivity contribution is 5.93. The van der Waals surface area contributed by atoms with Crippen LogP contribution in [0.1, 0.15) is 29.6 Å². The molecule has 2 atom stereocenters. The van der Waals surface area contributed by atoms with Crippen molar-refractivity contribution in [2.75, 3.05) is 13.6 Å². The Morgan fingerprint density at radius 3 is 3.06 bits per heavy atom. The minimum absolute atomic E-state index is 0.0449. The van der Waals surface area contributed by atoms with Crippen molar-refractivity contribution < 1.29 is 4.79 Å². The number of hydrogen-bond donors (Lipinski definition) is 1. The summed E-state index contributed by atoms with van der Waals surface area (Å²) < 4.78 is 0. The van der Waals surface area contributed by atoms with Crippen molar-refractivity contribution in [1.82, 2.24) is 9.88 Å². The van der Waals surface area contributed by atoms with Crippen LogP contribution in [0.3, 0.4) is 0 Å². The van der Waals surface area contributed by atoms with Gasteiger partial charge in [-0.3, -0.25) is 9.78 Å². The largest absolute Gasteiger partial charge is 0.338 e. The molecule has 1 aliphatic carbocycles. The van der Waals surface area contributed by atoms with E-state index in [9.17, 15) is 4.79 Å². The molecule has 1 amide bonds. The average molecular weight is 233 g/mol. The fourth-order valence-corrected chi connectivity index (χ4v) is 2.65. The first-order valence-corrected chi connectivity index (χ1v) is 6.11. The summed E-state index contributed by atoms with van der Waals surface area (Å²) in [6.45, 7) is 0.662. The van der Waals surface area contributed by atoms with Gasteiger partial charge in [0.1, 0.15) is 0 Å². The van der Waals surface area contributed by atoms with E-state index in [-0.39, 0.29) is 11.9 Å². The Hall–Kier alpha value is -1.42. The predicted octanol–water partition coefficient (Wildman–Crippen LogP) is 1.28. The van der Waals surface area contributed by atoms with Crippen LogP contribution in [0.25, 0.3) is 0 Å². The zero-order chi connectivity index (χ0) is 12.3. The van der Waals surface area contributed by atoms with Gasteiger partial charge < -0.3 is 10.6 Å². The lowest BCUT2D eigenvalue weighted by molar-refractivity contribution is 0.0699. The molecule has 0 aromatic carbocycles. The van der Waals surface area contributed by atoms with Crippen LogP contribution < -0.4 is 5.73 Å². The number of amides is 1. The molecular weight excluding hydrogens is 214 g/mol. The van der Waals surface area contributed by atoms with Crippen LogP contribution >= 0.6 is 0 Å². The SMILES string of the molecule is CN(C(=O)c1cccnc1)C1CCCC1CN. The Morgan fingerprint density at radius 1 is 1.59 bits per heavy atom. The number of hydrogen-bond acceptors (Lipinski definition) is 3. The molecule has 1 aliphatic rings. The van der Waals surface area contributed by atoms with Crippen LogP contribution in [0.15, 0.2) is 24.5 Å². The monoisotopic (exact) mass is 233 g/mol. The van der Waals surface area contributed by atoms with Crippen molar-refractivity contribution in [2.45, 2.75) is 25.3 Å². The van der Waals surface area contributed by atoms with E-state index in [1.165, 1.54) is 0 Å². The molecule has 0 bridgehead atoms. The summed E-state index contributed by atoms with van der Waals surface area (Å²) in [7, 11) is 1.87. The second kappa shape index (κ2) is 5.27. The molecule has 2 rings (SSSR count). The first-order valence-electron chi connectivity index (χ1n) is 6.11. The molecule has 0 spiro atoms. The number of nitrogens with zero attached hydrogens (tertiary/aromatic N) is 2. The maximum atomic E-state index is 12.2. The lowest BCUT2D eigenvalue weighted by atomic mass is 10.0. The zero-order valence-corrected chi connectivity index (χ0v) is 10.2. The van der Waals surface area contributed by atoms with E-state index in [1.54, 1.807) is 24.5 Å². The van der Waals surface area contributed by atoms with E-state index < -0.39 is 0 Å². The summed E-state index contributed by atoms with van der Waals surface area (Å²) in [6, 6.07) is 3.88. The molecule has 2 unspecified atom stereocenters. The van der Waals surface area contributed by atoms with Crippen LogP contribution in [-0.4, -0.2) is 35.4 Å². The second-order valence-corrected chi connectivity index (χ2v) is 4.65. The number of carbonyl (C=O) groups is 1. The molecule has 1 fully saturated rings. The van der Waals surface area contributed by atoms with E-state index in [0.29, 0.717) is 18.0 Å². The predicted molar refractivity (Wildman–Crippen MR) is 66.5 cm³/mol. The summed E-state index contributed by atoms with van der Waals surface area (Å²) in [5.74, 6) is 0.490. The van der Waals surface area contributed by atoms with Crippen molar-refractivity contribution in [3.05, 3.63) is 30.1 Å². The van der Waals surface area contributed by atoms with Gasteiger partial charge in [-0.25, -0.2) is 0 Å². The Bertz CT molecular complexity index is 380. The number of carbonyl (C=O) groups excluding carboxylic acids is 1. The minimum atomic E-state index is 0.0449. The maximum Gasteiger partial charge on any atom is 0.255 e. The van der Waals surface area contributed by atoms with Crippen LogP contribution in [0.2, 0.25) is 0 Å². The zero-order valence-electron chi connectivity index (χ0n) is 10.2. The number of nitrogens with two attached hydrogens (primary N) is 1. The number of aromatic nitrogens is 1. The maximum absolute atomic E-state index is 12.2. The molecule has 4 heteroatoms. The van der Waals surface area contributed by atoms with Crippen molar-refractivity contribution in [2.24, 2.45) is 11.7 Å². The summed E-state index contributed by atoms with van der Waals surface area (Å²) in [5.41, 5.74) is 6.40. The average Bonchev–Trinajstić information content (AvgIpc) is 2.86. The van der Waals surface area contributed by atoms with Gasteiger partial charge in [0.05, 0.1) is 5.56 Å². The lowest BCUT2D eigenvalue weighted by Gasteiger charge is -2.29. The summed E-state index contributed by atoms with van der Waals surface area (Å²) >= 11 is 0. The highest BCUT2D eigenvalue weighted by atomic mass is 16.2. The van der Waals surface area contributed by atoms with Crippen molar-refractivity contribution in [3.63, 3.8) is 0 Å². The Kier molecular flexibility index (Phi) is 3.74. The van der Waals surface area contributed by atoms with Gasteiger partial charge in [0.25, 0.3) is 5.91 Å². The Labute approximate surface area is 102 Å². The van der Waals surface area contributed by atoms with Gasteiger partial charge in [-0.05, 0) is 37.4 Å². The fourth-order valence-electron chi connectivity index (χ4n) is 2.65. The third-order valence-corrected chi connectivity index (χ3v) is 3.65. The molecule has 1 aromatic rings. The highest BCUT2D eigenvalue weighted by Gasteiger charge is 2.31. The molecule has 1 aromatic heterocycles. The van der Waals surface area contributed by atoms with E-state index in [0.717, 1.165) is 19.3 Å². The summed E-state index contributed by atoms with van der Waals surface area (Å²) in [5, 5.41) is 0. The topological polar surface area (TPSA) is 59.2 Å². The van der Waals surface area contributed by atoms with E-state index >= 15 is 0 Å². The van der Waals surface area contributed by atoms with Crippen molar-refractivity contribution in [3.8, 4) is 0 Å². The van der Waals surface area contributed by atoms with Crippen LogP contribution in [0, 0.1) is 5.92 Å². The lowest BCUT2D eigenvalue weighted by Crippen LogP contribution is -2.41. The van der Waals surface area contributed by atoms with Crippen LogP contribution in [0.5, 0.6) is 0 Å². The normalized spacial score (nSPS) is 23.6. The van der Waals surface area contributed by atoms with Gasteiger partial charge in [-0.1, -0.05) is 6.42 Å². The van der Waals surface area contributed by atoms with Gasteiger partial charge >= 0.3 is 0 Å². The molecule has 17 heavy (non-hydrogen) atoms. The minimum Gasteiger partial charge on any atom is -0.338 e. The Balaban J connectivity index is 2.10. The molecule has 0 aliphatic heterocycles. The van der Waals surface area contributed by atoms with E-state index in [1.807, 2.05) is 11.9 Å². The quantitative estimate of drug-likeness (QED) is 0.855. The van der Waals surface area contributed by atoms with Crippen molar-refractivity contribution >= 4 is 5.91 Å². The van der Waals surface area contributed by atoms with Gasteiger partial charge in [-0.2, -0.15) is 0 Å². The first-order chi connectivity index (χ1) is 8.24. The van der Waals surface area contributed by atoms with E-state index in [4.69, 9.17) is 5.73 Å². The number of rotatable bonds is 3. The van der Waals surface area contributed by atoms with E-state index in [2.05, 4.69) is 4.98 Å². The van der Waals surface area contributed by atoms with Crippen LogP contribution in [-0.2, 0) is 0 Å². The molecule has 0 saturated heterocycles. The number of pyridine rings is 1.